The third-order valence-corrected chi connectivity index (χ3v) is 5.63. The van der Waals surface area contributed by atoms with E-state index in [0.29, 0.717) is 17.9 Å². The van der Waals surface area contributed by atoms with E-state index in [4.69, 9.17) is 16.3 Å². The van der Waals surface area contributed by atoms with Gasteiger partial charge in [0, 0.05) is 17.6 Å². The third kappa shape index (κ3) is 4.87. The lowest BCUT2D eigenvalue weighted by molar-refractivity contribution is -0.151. The molecule has 0 aromatic heterocycles. The fourth-order valence-electron chi connectivity index (χ4n) is 3.92. The predicted octanol–water partition coefficient (Wildman–Crippen LogP) is 5.07. The van der Waals surface area contributed by atoms with Gasteiger partial charge in [0.25, 0.3) is 0 Å². The molecule has 0 atom stereocenters. The Bertz CT molecular complexity index is 969. The molecule has 0 saturated heterocycles. The van der Waals surface area contributed by atoms with Gasteiger partial charge in [0.15, 0.2) is 6.61 Å². The number of ether oxygens (including phenoxy) is 1. The van der Waals surface area contributed by atoms with Crippen LogP contribution in [0.1, 0.15) is 54.9 Å². The number of carbonyl (C=O) groups excluding carboxylic acids is 3. The van der Waals surface area contributed by atoms with Crippen LogP contribution in [0.3, 0.4) is 0 Å². The molecule has 0 heterocycles. The Morgan fingerprint density at radius 3 is 2.47 bits per heavy atom. The molecule has 1 aliphatic rings. The van der Waals surface area contributed by atoms with Crippen LogP contribution in [-0.4, -0.2) is 24.3 Å². The van der Waals surface area contributed by atoms with Gasteiger partial charge in [-0.15, -0.1) is 0 Å². The second-order valence-corrected chi connectivity index (χ2v) is 7.96. The highest BCUT2D eigenvalue weighted by molar-refractivity contribution is 6.30. The molecule has 0 spiro atoms. The van der Waals surface area contributed by atoms with E-state index in [2.05, 4.69) is 5.32 Å². The maximum Gasteiger partial charge on any atom is 0.317 e. The molecule has 1 fully saturated rings. The van der Waals surface area contributed by atoms with Crippen LogP contribution >= 0.6 is 11.6 Å². The Morgan fingerprint density at radius 1 is 1.10 bits per heavy atom. The maximum absolute atomic E-state index is 14.3. The zero-order valence-corrected chi connectivity index (χ0v) is 17.4. The highest BCUT2D eigenvalue weighted by atomic mass is 35.5. The van der Waals surface area contributed by atoms with Crippen molar-refractivity contribution in [1.29, 1.82) is 0 Å². The number of nitrogens with one attached hydrogen (secondary N) is 1. The van der Waals surface area contributed by atoms with Crippen LogP contribution in [0.4, 0.5) is 10.1 Å². The number of esters is 1. The molecule has 1 N–H and O–H groups in total. The van der Waals surface area contributed by atoms with Crippen molar-refractivity contribution in [2.45, 2.75) is 44.4 Å². The van der Waals surface area contributed by atoms with Gasteiger partial charge in [0.2, 0.25) is 11.7 Å². The van der Waals surface area contributed by atoms with E-state index in [9.17, 15) is 18.8 Å². The topological polar surface area (TPSA) is 72.5 Å². The van der Waals surface area contributed by atoms with Crippen LogP contribution in [0.2, 0.25) is 5.02 Å². The van der Waals surface area contributed by atoms with Gasteiger partial charge >= 0.3 is 5.97 Å². The van der Waals surface area contributed by atoms with Gasteiger partial charge in [-0.25, -0.2) is 4.39 Å². The molecule has 0 aliphatic heterocycles. The van der Waals surface area contributed by atoms with Gasteiger partial charge in [-0.1, -0.05) is 43.0 Å². The lowest BCUT2D eigenvalue weighted by atomic mass is 9.69. The molecule has 158 valence electrons. The molecule has 1 saturated carbocycles. The van der Waals surface area contributed by atoms with Gasteiger partial charge in [0.05, 0.1) is 11.0 Å². The number of rotatable bonds is 6. The standard InChI is InChI=1S/C23H23ClFNO4/c1-15(27)26-18-8-9-19(20(25)13-18)21(28)14-30-22(29)23(10-3-2-4-11-23)16-6-5-7-17(24)12-16/h5-9,12-13H,2-4,10-11,14H2,1H3,(H,26,27). The molecular formula is C23H23ClFNO4. The van der Waals surface area contributed by atoms with E-state index in [0.717, 1.165) is 30.9 Å². The zero-order chi connectivity index (χ0) is 21.7. The summed E-state index contributed by atoms with van der Waals surface area (Å²) in [6.45, 7) is 0.745. The van der Waals surface area contributed by atoms with Gasteiger partial charge in [-0.3, -0.25) is 14.4 Å². The summed E-state index contributed by atoms with van der Waals surface area (Å²) in [4.78, 5) is 36.6. The molecule has 1 amide bonds. The Labute approximate surface area is 179 Å². The predicted molar refractivity (Wildman–Crippen MR) is 112 cm³/mol. The molecule has 2 aromatic rings. The van der Waals surface area contributed by atoms with Crippen molar-refractivity contribution in [2.24, 2.45) is 0 Å². The lowest BCUT2D eigenvalue weighted by Gasteiger charge is -2.35. The number of halogens is 2. The average Bonchev–Trinajstić information content (AvgIpc) is 2.72. The molecule has 7 heteroatoms. The van der Waals surface area contributed by atoms with E-state index >= 15 is 0 Å². The highest BCUT2D eigenvalue weighted by Crippen LogP contribution is 2.41. The number of carbonyl (C=O) groups is 3. The van der Waals surface area contributed by atoms with Crippen molar-refractivity contribution in [3.63, 3.8) is 0 Å². The number of hydrogen-bond acceptors (Lipinski definition) is 4. The zero-order valence-electron chi connectivity index (χ0n) is 16.7. The fraction of sp³-hybridized carbons (Fsp3) is 0.348. The van der Waals surface area contributed by atoms with Crippen molar-refractivity contribution in [3.8, 4) is 0 Å². The number of benzene rings is 2. The lowest BCUT2D eigenvalue weighted by Crippen LogP contribution is -2.40. The Balaban J connectivity index is 1.74. The second-order valence-electron chi connectivity index (χ2n) is 7.53. The quantitative estimate of drug-likeness (QED) is 0.512. The molecule has 2 aromatic carbocycles. The summed E-state index contributed by atoms with van der Waals surface area (Å²) >= 11 is 6.13. The van der Waals surface area contributed by atoms with Gasteiger partial charge in [-0.05, 0) is 48.7 Å². The number of ketones is 1. The van der Waals surface area contributed by atoms with Crippen LogP contribution in [0.5, 0.6) is 0 Å². The van der Waals surface area contributed by atoms with E-state index in [1.807, 2.05) is 6.07 Å². The Kier molecular flexibility index (Phi) is 6.87. The largest absolute Gasteiger partial charge is 0.457 e. The second kappa shape index (κ2) is 9.39. The first-order chi connectivity index (χ1) is 14.3. The summed E-state index contributed by atoms with van der Waals surface area (Å²) in [7, 11) is 0. The summed E-state index contributed by atoms with van der Waals surface area (Å²) in [5.74, 6) is -2.27. The van der Waals surface area contributed by atoms with Gasteiger partial charge in [-0.2, -0.15) is 0 Å². The van der Waals surface area contributed by atoms with Gasteiger partial charge < -0.3 is 10.1 Å². The van der Waals surface area contributed by atoms with Crippen LogP contribution in [-0.2, 0) is 19.7 Å². The molecule has 30 heavy (non-hydrogen) atoms. The molecule has 0 radical (unpaired) electrons. The minimum absolute atomic E-state index is 0.197. The molecule has 0 bridgehead atoms. The molecule has 0 unspecified atom stereocenters. The molecule has 1 aliphatic carbocycles. The molecule has 3 rings (SSSR count). The fourth-order valence-corrected chi connectivity index (χ4v) is 4.11. The summed E-state index contributed by atoms with van der Waals surface area (Å²) in [5, 5.41) is 2.98. The number of amides is 1. The Hall–Kier alpha value is -2.73. The van der Waals surface area contributed by atoms with E-state index in [1.165, 1.54) is 19.1 Å². The molecule has 5 nitrogen and oxygen atoms in total. The SMILES string of the molecule is CC(=O)Nc1ccc(C(=O)COC(=O)C2(c3cccc(Cl)c3)CCCCC2)c(F)c1. The van der Waals surface area contributed by atoms with Crippen molar-refractivity contribution in [2.75, 3.05) is 11.9 Å². The maximum atomic E-state index is 14.3. The van der Waals surface area contributed by atoms with E-state index in [-0.39, 0.29) is 17.2 Å². The molecular weight excluding hydrogens is 409 g/mol. The number of hydrogen-bond donors (Lipinski definition) is 1. The van der Waals surface area contributed by atoms with Crippen molar-refractivity contribution >= 4 is 34.9 Å². The minimum atomic E-state index is -0.850. The van der Waals surface area contributed by atoms with E-state index < -0.39 is 29.6 Å². The summed E-state index contributed by atoms with van der Waals surface area (Å²) < 4.78 is 19.7. The normalized spacial score (nSPS) is 15.3. The highest BCUT2D eigenvalue weighted by Gasteiger charge is 2.43. The first-order valence-electron chi connectivity index (χ1n) is 9.85. The van der Waals surface area contributed by atoms with Crippen molar-refractivity contribution in [1.82, 2.24) is 0 Å². The summed E-state index contributed by atoms with van der Waals surface area (Å²) in [6, 6.07) is 10.9. The first kappa shape index (κ1) is 22.0. The summed E-state index contributed by atoms with van der Waals surface area (Å²) in [5.41, 5.74) is -0.0250. The monoisotopic (exact) mass is 431 g/mol. The van der Waals surface area contributed by atoms with Crippen LogP contribution in [0.25, 0.3) is 0 Å². The van der Waals surface area contributed by atoms with Crippen molar-refractivity contribution < 1.29 is 23.5 Å². The number of Topliss-reactive ketones (excluding diaryl/α,β-unsaturated/α-hetero) is 1. The van der Waals surface area contributed by atoms with E-state index in [1.54, 1.807) is 18.2 Å². The first-order valence-corrected chi connectivity index (χ1v) is 10.2. The van der Waals surface area contributed by atoms with Crippen LogP contribution in [0.15, 0.2) is 42.5 Å². The van der Waals surface area contributed by atoms with Crippen LogP contribution in [0, 0.1) is 5.82 Å². The summed E-state index contributed by atoms with van der Waals surface area (Å²) in [6.07, 6.45) is 3.99. The number of anilines is 1. The van der Waals surface area contributed by atoms with Gasteiger partial charge in [0.1, 0.15) is 5.82 Å². The Morgan fingerprint density at radius 2 is 1.83 bits per heavy atom. The smallest absolute Gasteiger partial charge is 0.317 e. The van der Waals surface area contributed by atoms with Crippen molar-refractivity contribution in [3.05, 3.63) is 64.4 Å². The minimum Gasteiger partial charge on any atom is -0.457 e. The average molecular weight is 432 g/mol. The third-order valence-electron chi connectivity index (χ3n) is 5.40. The van der Waals surface area contributed by atoms with Crippen LogP contribution < -0.4 is 5.32 Å².